The molecule has 7 unspecified atom stereocenters. The molecule has 2 bridgehead atoms. The quantitative estimate of drug-likeness (QED) is 0.489. The van der Waals surface area contributed by atoms with Crippen molar-refractivity contribution in [1.29, 1.82) is 0 Å². The molecule has 7 atom stereocenters. The van der Waals surface area contributed by atoms with Gasteiger partial charge in [0.25, 0.3) is 0 Å². The zero-order chi connectivity index (χ0) is 13.8. The van der Waals surface area contributed by atoms with Gasteiger partial charge in [-0.05, 0) is 26.7 Å². The third kappa shape index (κ3) is 1.28. The third-order valence-corrected chi connectivity index (χ3v) is 8.85. The smallest absolute Gasteiger partial charge is 0.101 e. The average molecular weight is 350 g/mol. The van der Waals surface area contributed by atoms with Gasteiger partial charge in [0.2, 0.25) is 0 Å². The summed E-state index contributed by atoms with van der Waals surface area (Å²) >= 11 is 10.6. The van der Waals surface area contributed by atoms with Crippen LogP contribution in [0, 0.1) is 10.8 Å². The maximum atomic E-state index is 6.71. The summed E-state index contributed by atoms with van der Waals surface area (Å²) < 4.78 is 12.6. The van der Waals surface area contributed by atoms with Crippen molar-refractivity contribution in [3.05, 3.63) is 0 Å². The Morgan fingerprint density at radius 3 is 2.42 bits per heavy atom. The van der Waals surface area contributed by atoms with E-state index in [1.54, 1.807) is 0 Å². The van der Waals surface area contributed by atoms with Crippen molar-refractivity contribution in [1.82, 2.24) is 0 Å². The van der Waals surface area contributed by atoms with Crippen LogP contribution in [0.15, 0.2) is 0 Å². The first-order valence-corrected chi connectivity index (χ1v) is 8.61. The Balaban J connectivity index is 1.85. The van der Waals surface area contributed by atoms with Crippen molar-refractivity contribution in [3.63, 3.8) is 0 Å². The van der Waals surface area contributed by atoms with E-state index in [0.717, 1.165) is 19.3 Å². The number of fused-ring (bicyclic) bond motifs is 2. The molecule has 2 nitrogen and oxygen atoms in total. The van der Waals surface area contributed by atoms with Gasteiger partial charge in [0.05, 0.1) is 23.2 Å². The fourth-order valence-corrected chi connectivity index (χ4v) is 6.34. The van der Waals surface area contributed by atoms with Gasteiger partial charge < -0.3 is 9.47 Å². The number of hydrogen-bond donors (Lipinski definition) is 0. The van der Waals surface area contributed by atoms with E-state index in [1.807, 2.05) is 0 Å². The minimum absolute atomic E-state index is 0.00637. The predicted octanol–water partition coefficient (Wildman–Crippen LogP) is 3.88. The highest BCUT2D eigenvalue weighted by atomic mass is 79.9. The number of hydrogen-bond acceptors (Lipinski definition) is 2. The molecule has 4 aliphatic rings. The van der Waals surface area contributed by atoms with E-state index < -0.39 is 0 Å². The van der Waals surface area contributed by atoms with E-state index in [-0.39, 0.29) is 27.4 Å². The Labute approximate surface area is 128 Å². The van der Waals surface area contributed by atoms with Crippen LogP contribution >= 0.6 is 27.5 Å². The highest BCUT2D eigenvalue weighted by Crippen LogP contribution is 2.75. The molecule has 0 amide bonds. The molecule has 0 N–H and O–H groups in total. The Hall–Kier alpha value is 0.690. The first kappa shape index (κ1) is 13.4. The number of rotatable bonds is 0. The number of epoxide rings is 1. The molecule has 2 saturated carbocycles. The molecule has 4 fully saturated rings. The lowest BCUT2D eigenvalue weighted by atomic mass is 9.47. The fraction of sp³-hybridized carbons (Fsp3) is 1.00. The summed E-state index contributed by atoms with van der Waals surface area (Å²) in [6.07, 6.45) is 3.97. The van der Waals surface area contributed by atoms with Crippen LogP contribution in [0.25, 0.3) is 0 Å². The summed E-state index contributed by atoms with van der Waals surface area (Å²) in [5.74, 6) is 0. The summed E-state index contributed by atoms with van der Waals surface area (Å²) in [6.45, 7) is 9.18. The maximum absolute atomic E-state index is 6.71. The molecule has 4 rings (SSSR count). The van der Waals surface area contributed by atoms with Crippen LogP contribution < -0.4 is 0 Å². The second-order valence-electron chi connectivity index (χ2n) is 7.91. The monoisotopic (exact) mass is 348 g/mol. The zero-order valence-electron chi connectivity index (χ0n) is 12.0. The molecule has 2 aliphatic carbocycles. The summed E-state index contributed by atoms with van der Waals surface area (Å²) in [5, 5.41) is 0. The maximum Gasteiger partial charge on any atom is 0.101 e. The number of halogens is 2. The standard InChI is InChI=1S/C15H22BrClO2/c1-12(2)9-5-10-14(4,19-10)15(12)6-8(16)13(3,17)7-11(15)18-9/h8-11H,5-7H2,1-4H3. The fourth-order valence-electron chi connectivity index (χ4n) is 5.42. The molecule has 4 heteroatoms. The van der Waals surface area contributed by atoms with Crippen molar-refractivity contribution in [3.8, 4) is 0 Å². The number of ether oxygens (including phenoxy) is 2. The SMILES string of the molecule is CC1(Cl)CC2OC3CC4OC4(C)C2(CC1Br)C3(C)C. The molecule has 2 aliphatic heterocycles. The van der Waals surface area contributed by atoms with Gasteiger partial charge in [0, 0.05) is 22.1 Å². The van der Waals surface area contributed by atoms with E-state index in [4.69, 9.17) is 21.1 Å². The first-order chi connectivity index (χ1) is 8.65. The van der Waals surface area contributed by atoms with Crippen molar-refractivity contribution in [2.75, 3.05) is 0 Å². The Bertz CT molecular complexity index is 451. The lowest BCUT2D eigenvalue weighted by molar-refractivity contribution is -0.0597. The van der Waals surface area contributed by atoms with Crippen molar-refractivity contribution < 1.29 is 9.47 Å². The van der Waals surface area contributed by atoms with Crippen LogP contribution in [-0.4, -0.2) is 33.6 Å². The van der Waals surface area contributed by atoms with Gasteiger partial charge >= 0.3 is 0 Å². The molecule has 19 heavy (non-hydrogen) atoms. The normalized spacial score (nSPS) is 65.4. The summed E-state index contributed by atoms with van der Waals surface area (Å²) in [7, 11) is 0. The molecule has 2 saturated heterocycles. The first-order valence-electron chi connectivity index (χ1n) is 7.31. The lowest BCUT2D eigenvalue weighted by Gasteiger charge is -2.55. The van der Waals surface area contributed by atoms with Gasteiger partial charge in [-0.3, -0.25) is 0 Å². The zero-order valence-corrected chi connectivity index (χ0v) is 14.3. The van der Waals surface area contributed by atoms with Crippen LogP contribution in [-0.2, 0) is 9.47 Å². The van der Waals surface area contributed by atoms with Crippen molar-refractivity contribution in [2.24, 2.45) is 10.8 Å². The molecular formula is C15H22BrClO2. The number of alkyl halides is 2. The van der Waals surface area contributed by atoms with Crippen molar-refractivity contribution in [2.45, 2.75) is 80.6 Å². The van der Waals surface area contributed by atoms with E-state index in [0.29, 0.717) is 17.0 Å². The van der Waals surface area contributed by atoms with E-state index in [2.05, 4.69) is 43.6 Å². The van der Waals surface area contributed by atoms with Gasteiger partial charge in [0.15, 0.2) is 0 Å². The predicted molar refractivity (Wildman–Crippen MR) is 79.0 cm³/mol. The average Bonchev–Trinajstić information content (AvgIpc) is 2.88. The van der Waals surface area contributed by atoms with E-state index in [1.165, 1.54) is 0 Å². The van der Waals surface area contributed by atoms with Gasteiger partial charge in [-0.2, -0.15) is 0 Å². The van der Waals surface area contributed by atoms with E-state index >= 15 is 0 Å². The van der Waals surface area contributed by atoms with Crippen LogP contribution in [0.3, 0.4) is 0 Å². The second kappa shape index (κ2) is 3.37. The van der Waals surface area contributed by atoms with Crippen LogP contribution in [0.5, 0.6) is 0 Å². The Morgan fingerprint density at radius 2 is 1.74 bits per heavy atom. The third-order valence-electron chi connectivity index (χ3n) is 6.83. The van der Waals surface area contributed by atoms with Gasteiger partial charge in [-0.25, -0.2) is 0 Å². The van der Waals surface area contributed by atoms with Gasteiger partial charge in [0.1, 0.15) is 5.60 Å². The largest absolute Gasteiger partial charge is 0.374 e. The lowest BCUT2D eigenvalue weighted by Crippen LogP contribution is -2.62. The molecule has 0 aromatic heterocycles. The summed E-state index contributed by atoms with van der Waals surface area (Å²) in [4.78, 5) is 0.101. The molecule has 0 aromatic carbocycles. The molecule has 0 radical (unpaired) electrons. The molecule has 2 heterocycles. The van der Waals surface area contributed by atoms with E-state index in [9.17, 15) is 0 Å². The van der Waals surface area contributed by atoms with Crippen LogP contribution in [0.2, 0.25) is 0 Å². The summed E-state index contributed by atoms with van der Waals surface area (Å²) in [6, 6.07) is 0. The molecule has 1 spiro atoms. The second-order valence-corrected chi connectivity index (χ2v) is 9.88. The Morgan fingerprint density at radius 1 is 1.05 bits per heavy atom. The highest BCUT2D eigenvalue weighted by Gasteiger charge is 2.82. The molecule has 108 valence electrons. The van der Waals surface area contributed by atoms with Gasteiger partial charge in [-0.15, -0.1) is 11.6 Å². The van der Waals surface area contributed by atoms with Crippen LogP contribution in [0.1, 0.15) is 47.0 Å². The molecule has 0 aromatic rings. The van der Waals surface area contributed by atoms with Crippen LogP contribution in [0.4, 0.5) is 0 Å². The topological polar surface area (TPSA) is 21.8 Å². The minimum Gasteiger partial charge on any atom is -0.374 e. The molecular weight excluding hydrogens is 328 g/mol. The van der Waals surface area contributed by atoms with Crippen molar-refractivity contribution >= 4 is 27.5 Å². The highest BCUT2D eigenvalue weighted by molar-refractivity contribution is 9.09. The Kier molecular flexibility index (Phi) is 2.37. The summed E-state index contributed by atoms with van der Waals surface area (Å²) in [5.41, 5.74) is 0.266. The minimum atomic E-state index is -0.218. The van der Waals surface area contributed by atoms with Gasteiger partial charge in [-0.1, -0.05) is 29.8 Å².